The number of pyridine rings is 1. The fourth-order valence-corrected chi connectivity index (χ4v) is 7.33. The molecule has 41 heavy (non-hydrogen) atoms. The number of likely N-dealkylation sites (tertiary alicyclic amines) is 1. The summed E-state index contributed by atoms with van der Waals surface area (Å²) in [6, 6.07) is 11.0. The Morgan fingerprint density at radius 2 is 1.66 bits per heavy atom. The van der Waals surface area contributed by atoms with Crippen LogP contribution in [0.25, 0.3) is 0 Å². The van der Waals surface area contributed by atoms with Crippen LogP contribution in [0.1, 0.15) is 57.8 Å². The number of nitrogens with zero attached hydrogens (tertiary/aromatic N) is 5. The highest BCUT2D eigenvalue weighted by Gasteiger charge is 2.30. The third kappa shape index (κ3) is 8.67. The van der Waals surface area contributed by atoms with Crippen molar-refractivity contribution in [2.45, 2.75) is 63.9 Å². The monoisotopic (exact) mass is 608 g/mol. The molecule has 1 fully saturated rings. The lowest BCUT2D eigenvalue weighted by atomic mass is 9.99. The number of aromatic nitrogens is 2. The highest BCUT2D eigenvalue weighted by molar-refractivity contribution is 7.94. The first kappa shape index (κ1) is 32.8. The molecule has 3 aromatic rings. The molecule has 1 aromatic carbocycles. The van der Waals surface area contributed by atoms with Crippen molar-refractivity contribution >= 4 is 32.2 Å². The van der Waals surface area contributed by atoms with Crippen LogP contribution >= 0.6 is 11.3 Å². The largest absolute Gasteiger partial charge is 0.362 e. The van der Waals surface area contributed by atoms with Crippen LogP contribution < -0.4 is 9.62 Å². The van der Waals surface area contributed by atoms with Gasteiger partial charge in [-0.2, -0.15) is 12.8 Å². The molecule has 1 unspecified atom stereocenters. The van der Waals surface area contributed by atoms with E-state index in [9.17, 15) is 17.2 Å². The van der Waals surface area contributed by atoms with Gasteiger partial charge in [-0.1, -0.05) is 56.4 Å². The quantitative estimate of drug-likeness (QED) is 0.286. The Labute approximate surface area is 247 Å². The third-order valence-electron chi connectivity index (χ3n) is 7.55. The number of sulfonamides is 1. The molecule has 0 saturated carbocycles. The average Bonchev–Trinajstić information content (AvgIpc) is 3.36. The summed E-state index contributed by atoms with van der Waals surface area (Å²) in [4.78, 5) is 14.5. The molecule has 0 radical (unpaired) electrons. The van der Waals surface area contributed by atoms with Gasteiger partial charge < -0.3 is 9.80 Å². The van der Waals surface area contributed by atoms with Gasteiger partial charge in [0.25, 0.3) is 10.0 Å². The van der Waals surface area contributed by atoms with Crippen molar-refractivity contribution in [1.82, 2.24) is 19.8 Å². The molecule has 1 aliphatic heterocycles. The first-order valence-electron chi connectivity index (χ1n) is 14.1. The Bertz CT molecular complexity index is 1350. The molecule has 1 saturated heterocycles. The number of aryl methyl sites for hydroxylation is 1. The smallest absolute Gasteiger partial charge is 0.290 e. The Balaban J connectivity index is 0.000000587. The zero-order valence-corrected chi connectivity index (χ0v) is 26.4. The van der Waals surface area contributed by atoms with Gasteiger partial charge in [-0.25, -0.2) is 14.4 Å². The molecule has 2 aromatic heterocycles. The van der Waals surface area contributed by atoms with Crippen molar-refractivity contribution in [1.29, 1.82) is 0 Å². The molecule has 1 N–H and O–H groups in total. The topological polar surface area (TPSA) is 81.7 Å². The number of benzene rings is 1. The van der Waals surface area contributed by atoms with Crippen LogP contribution in [0.4, 0.5) is 19.6 Å². The molecule has 4 rings (SSSR count). The third-order valence-corrected chi connectivity index (χ3v) is 10.5. The van der Waals surface area contributed by atoms with Gasteiger partial charge in [0.1, 0.15) is 16.6 Å². The van der Waals surface area contributed by atoms with Crippen molar-refractivity contribution in [2.75, 3.05) is 49.4 Å². The molecule has 1 aliphatic rings. The molecular weight excluding hydrogens is 566 g/mol. The van der Waals surface area contributed by atoms with Gasteiger partial charge >= 0.3 is 0 Å². The number of nitrogens with one attached hydrogen (secondary N) is 1. The molecule has 1 atom stereocenters. The van der Waals surface area contributed by atoms with Gasteiger partial charge in [-0.3, -0.25) is 9.62 Å². The van der Waals surface area contributed by atoms with E-state index < -0.39 is 16.0 Å². The molecular formula is C29H42F2N6O2S2. The van der Waals surface area contributed by atoms with E-state index in [1.807, 2.05) is 26.1 Å². The Morgan fingerprint density at radius 1 is 1.02 bits per heavy atom. The molecule has 3 heterocycles. The van der Waals surface area contributed by atoms with E-state index in [1.165, 1.54) is 37.8 Å². The summed E-state index contributed by atoms with van der Waals surface area (Å²) in [6.07, 6.45) is 1.72. The van der Waals surface area contributed by atoms with Gasteiger partial charge in [-0.15, -0.1) is 0 Å². The van der Waals surface area contributed by atoms with E-state index in [0.717, 1.165) is 48.3 Å². The highest BCUT2D eigenvalue weighted by atomic mass is 32.2. The zero-order chi connectivity index (χ0) is 30.2. The Hall–Kier alpha value is -2.67. The molecule has 0 aliphatic carbocycles. The van der Waals surface area contributed by atoms with Crippen LogP contribution in [0.5, 0.6) is 0 Å². The van der Waals surface area contributed by atoms with Gasteiger partial charge in [-0.05, 0) is 64.5 Å². The molecule has 12 heteroatoms. The fraction of sp³-hybridized carbons (Fsp3) is 0.517. The van der Waals surface area contributed by atoms with Crippen LogP contribution in [-0.4, -0.2) is 74.0 Å². The lowest BCUT2D eigenvalue weighted by Gasteiger charge is -2.40. The SMILES string of the molecule is CCN(CC)CC.Cc1nc(S(=O)(=O)Nc2cccc(F)n2)sc1N(C)C1CCN(C(C)c2ccccc2F)CC1. The molecule has 0 bridgehead atoms. The Kier molecular flexibility index (Phi) is 12.0. The van der Waals surface area contributed by atoms with E-state index >= 15 is 0 Å². The molecule has 0 spiro atoms. The summed E-state index contributed by atoms with van der Waals surface area (Å²) >= 11 is 1.08. The predicted molar refractivity (Wildman–Crippen MR) is 163 cm³/mol. The van der Waals surface area contributed by atoms with Crippen LogP contribution in [0.15, 0.2) is 46.8 Å². The second-order valence-electron chi connectivity index (χ2n) is 10.0. The van der Waals surface area contributed by atoms with Gasteiger partial charge in [0.05, 0.1) is 5.69 Å². The number of anilines is 2. The maximum atomic E-state index is 14.2. The summed E-state index contributed by atoms with van der Waals surface area (Å²) in [5.74, 6) is -1.06. The Morgan fingerprint density at radius 3 is 2.22 bits per heavy atom. The van der Waals surface area contributed by atoms with E-state index in [1.54, 1.807) is 13.0 Å². The minimum Gasteiger partial charge on any atom is -0.362 e. The van der Waals surface area contributed by atoms with Crippen molar-refractivity contribution in [3.63, 3.8) is 0 Å². The number of hydrogen-bond acceptors (Lipinski definition) is 8. The summed E-state index contributed by atoms with van der Waals surface area (Å²) in [7, 11) is -2.05. The minimum atomic E-state index is -3.99. The highest BCUT2D eigenvalue weighted by Crippen LogP contribution is 2.35. The van der Waals surface area contributed by atoms with Crippen molar-refractivity contribution in [2.24, 2.45) is 0 Å². The first-order valence-corrected chi connectivity index (χ1v) is 16.4. The number of piperidine rings is 1. The van der Waals surface area contributed by atoms with Gasteiger partial charge in [0.2, 0.25) is 10.3 Å². The maximum absolute atomic E-state index is 14.2. The van der Waals surface area contributed by atoms with Crippen molar-refractivity contribution in [3.8, 4) is 0 Å². The minimum absolute atomic E-state index is 0.0168. The summed E-state index contributed by atoms with van der Waals surface area (Å²) < 4.78 is 55.3. The molecule has 0 amide bonds. The number of rotatable bonds is 10. The lowest BCUT2D eigenvalue weighted by molar-refractivity contribution is 0.159. The van der Waals surface area contributed by atoms with E-state index in [-0.39, 0.29) is 28.1 Å². The number of thiazole rings is 1. The van der Waals surface area contributed by atoms with Crippen molar-refractivity contribution < 1.29 is 17.2 Å². The average molecular weight is 609 g/mol. The van der Waals surface area contributed by atoms with E-state index in [4.69, 9.17) is 0 Å². The van der Waals surface area contributed by atoms with Gasteiger partial charge in [0.15, 0.2) is 0 Å². The number of hydrogen-bond donors (Lipinski definition) is 1. The van der Waals surface area contributed by atoms with Crippen molar-refractivity contribution in [3.05, 3.63) is 65.5 Å². The first-order chi connectivity index (χ1) is 19.5. The predicted octanol–water partition coefficient (Wildman–Crippen LogP) is 5.94. The van der Waals surface area contributed by atoms with Crippen LogP contribution in [0, 0.1) is 18.7 Å². The molecule has 226 valence electrons. The second kappa shape index (κ2) is 15.0. The number of halogens is 2. The molecule has 8 nitrogen and oxygen atoms in total. The van der Waals surface area contributed by atoms with Gasteiger partial charge in [0, 0.05) is 37.8 Å². The normalized spacial score (nSPS) is 15.3. The zero-order valence-electron chi connectivity index (χ0n) is 24.8. The lowest BCUT2D eigenvalue weighted by Crippen LogP contribution is -2.44. The maximum Gasteiger partial charge on any atom is 0.290 e. The standard InChI is InChI=1S/C23H27F2N5O2S2.C6H15N/c1-15-22(33-23(26-15)34(31,32)28-21-10-6-9-20(25)27-21)29(3)17-11-13-30(14-12-17)16(2)18-7-4-5-8-19(18)24;1-4-7(5-2)6-3/h4-10,16-17H,11-14H2,1-3H3,(H,27,28);4-6H2,1-3H3. The van der Waals surface area contributed by atoms with E-state index in [2.05, 4.69) is 50.2 Å². The van der Waals surface area contributed by atoms with Crippen LogP contribution in [0.2, 0.25) is 0 Å². The van der Waals surface area contributed by atoms with Crippen LogP contribution in [0.3, 0.4) is 0 Å². The summed E-state index contributed by atoms with van der Waals surface area (Å²) in [5.41, 5.74) is 1.31. The van der Waals surface area contributed by atoms with Crippen LogP contribution in [-0.2, 0) is 10.0 Å². The fourth-order valence-electron chi connectivity index (χ4n) is 4.96. The second-order valence-corrected chi connectivity index (χ2v) is 12.9. The van der Waals surface area contributed by atoms with E-state index in [0.29, 0.717) is 11.3 Å². The summed E-state index contributed by atoms with van der Waals surface area (Å²) in [6.45, 7) is 15.5. The summed E-state index contributed by atoms with van der Waals surface area (Å²) in [5, 5.41) is 0.771.